The Balaban J connectivity index is 2.11. The van der Waals surface area contributed by atoms with Crippen molar-refractivity contribution in [2.45, 2.75) is 13.8 Å². The van der Waals surface area contributed by atoms with E-state index in [1.165, 1.54) is 12.1 Å². The van der Waals surface area contributed by atoms with Crippen molar-refractivity contribution >= 4 is 23.0 Å². The van der Waals surface area contributed by atoms with E-state index in [1.54, 1.807) is 31.4 Å². The van der Waals surface area contributed by atoms with Gasteiger partial charge in [-0.1, -0.05) is 26.0 Å². The molecule has 0 aliphatic rings. The first-order valence-corrected chi connectivity index (χ1v) is 10.3. The summed E-state index contributed by atoms with van der Waals surface area (Å²) in [5.74, 6) is 0.0988. The zero-order chi connectivity index (χ0) is 22.6. The van der Waals surface area contributed by atoms with Crippen molar-refractivity contribution < 1.29 is 19.2 Å². The molecule has 2 aromatic rings. The number of methoxy groups -OCH3 is 1. The van der Waals surface area contributed by atoms with E-state index in [9.17, 15) is 14.9 Å². The van der Waals surface area contributed by atoms with Crippen molar-refractivity contribution in [2.24, 2.45) is 0 Å². The normalized spacial score (nSPS) is 10.7. The highest BCUT2D eigenvalue weighted by Crippen LogP contribution is 2.28. The van der Waals surface area contributed by atoms with E-state index < -0.39 is 10.8 Å². The van der Waals surface area contributed by atoms with Gasteiger partial charge in [0.2, 0.25) is 0 Å². The molecule has 2 N–H and O–H groups in total. The molecule has 0 saturated carbocycles. The van der Waals surface area contributed by atoms with E-state index in [4.69, 9.17) is 9.47 Å². The lowest BCUT2D eigenvalue weighted by Gasteiger charge is -2.19. The van der Waals surface area contributed by atoms with Gasteiger partial charge in [-0.3, -0.25) is 14.9 Å². The quantitative estimate of drug-likeness (QED) is 0.284. The van der Waals surface area contributed by atoms with Crippen LogP contribution < -0.4 is 15.4 Å². The van der Waals surface area contributed by atoms with Crippen LogP contribution in [0, 0.1) is 10.1 Å². The van der Waals surface area contributed by atoms with Crippen molar-refractivity contribution in [3.05, 3.63) is 58.1 Å². The number of benzene rings is 2. The number of ether oxygens (including phenoxy) is 2. The first kappa shape index (κ1) is 24.1. The second kappa shape index (κ2) is 12.5. The van der Waals surface area contributed by atoms with Gasteiger partial charge in [-0.25, -0.2) is 0 Å². The van der Waals surface area contributed by atoms with E-state index in [-0.39, 0.29) is 11.3 Å². The minimum Gasteiger partial charge on any atom is -0.490 e. The molecule has 0 aliphatic carbocycles. The predicted molar refractivity (Wildman–Crippen MR) is 121 cm³/mol. The molecule has 0 saturated heterocycles. The summed E-state index contributed by atoms with van der Waals surface area (Å²) >= 11 is 0. The summed E-state index contributed by atoms with van der Waals surface area (Å²) in [6.07, 6.45) is 0. The van der Waals surface area contributed by atoms with Gasteiger partial charge in [-0.2, -0.15) is 0 Å². The van der Waals surface area contributed by atoms with Crippen LogP contribution in [0.4, 0.5) is 17.1 Å². The third-order valence-electron chi connectivity index (χ3n) is 4.77. The number of likely N-dealkylation sites (N-methyl/N-ethyl adjacent to an activating group) is 1. The highest BCUT2D eigenvalue weighted by Gasteiger charge is 2.18. The Labute approximate surface area is 182 Å². The molecule has 0 fully saturated rings. The monoisotopic (exact) mass is 430 g/mol. The zero-order valence-corrected chi connectivity index (χ0v) is 18.2. The third kappa shape index (κ3) is 7.23. The van der Waals surface area contributed by atoms with E-state index in [0.717, 1.165) is 19.6 Å². The van der Waals surface area contributed by atoms with E-state index in [0.29, 0.717) is 36.9 Å². The summed E-state index contributed by atoms with van der Waals surface area (Å²) in [5, 5.41) is 17.2. The highest BCUT2D eigenvalue weighted by molar-refractivity contribution is 6.05. The van der Waals surface area contributed by atoms with Crippen LogP contribution in [-0.2, 0) is 4.74 Å². The number of carbonyl (C=O) groups is 1. The molecule has 0 bridgehead atoms. The Morgan fingerprint density at radius 2 is 1.84 bits per heavy atom. The number of rotatable bonds is 13. The van der Waals surface area contributed by atoms with Crippen molar-refractivity contribution in [3.8, 4) is 5.75 Å². The smallest absolute Gasteiger partial charge is 0.293 e. The molecule has 0 spiro atoms. The SMILES string of the molecule is CCN(CC)CCOc1ccccc1NC(=O)c1ccc(NCCOC)c([N+](=O)[O-])c1. The first-order valence-electron chi connectivity index (χ1n) is 10.3. The molecule has 0 unspecified atom stereocenters. The molecule has 0 aliphatic heterocycles. The number of nitro groups is 1. The summed E-state index contributed by atoms with van der Waals surface area (Å²) in [5.41, 5.74) is 0.852. The average Bonchev–Trinajstić information content (AvgIpc) is 2.78. The number of nitrogens with one attached hydrogen (secondary N) is 2. The molecule has 0 aromatic heterocycles. The van der Waals surface area contributed by atoms with Gasteiger partial charge in [0.1, 0.15) is 18.0 Å². The van der Waals surface area contributed by atoms with Crippen molar-refractivity contribution in [2.75, 3.05) is 57.1 Å². The molecule has 0 radical (unpaired) electrons. The molecule has 0 atom stereocenters. The standard InChI is InChI=1S/C22H30N4O5/c1-4-25(5-2)13-15-31-21-9-7-6-8-19(21)24-22(27)17-10-11-18(23-12-14-30-3)20(16-17)26(28)29/h6-11,16,23H,4-5,12-15H2,1-3H3,(H,24,27). The number of hydrogen-bond donors (Lipinski definition) is 2. The van der Waals surface area contributed by atoms with Crippen LogP contribution in [0.25, 0.3) is 0 Å². The molecule has 9 heteroatoms. The average molecular weight is 431 g/mol. The summed E-state index contributed by atoms with van der Waals surface area (Å²) in [7, 11) is 1.55. The van der Waals surface area contributed by atoms with Crippen LogP contribution in [-0.4, -0.2) is 62.2 Å². The van der Waals surface area contributed by atoms with Gasteiger partial charge in [-0.15, -0.1) is 0 Å². The maximum atomic E-state index is 12.7. The maximum Gasteiger partial charge on any atom is 0.293 e. The molecule has 168 valence electrons. The summed E-state index contributed by atoms with van der Waals surface area (Å²) < 4.78 is 10.8. The molecular weight excluding hydrogens is 400 g/mol. The van der Waals surface area contributed by atoms with Crippen LogP contribution in [0.15, 0.2) is 42.5 Å². The Morgan fingerprint density at radius 1 is 1.10 bits per heavy atom. The fraction of sp³-hybridized carbons (Fsp3) is 0.409. The van der Waals surface area contributed by atoms with Gasteiger partial charge >= 0.3 is 0 Å². The fourth-order valence-corrected chi connectivity index (χ4v) is 2.98. The number of amides is 1. The number of nitro benzene ring substituents is 1. The highest BCUT2D eigenvalue weighted by atomic mass is 16.6. The van der Waals surface area contributed by atoms with Crippen molar-refractivity contribution in [1.82, 2.24) is 4.90 Å². The van der Waals surface area contributed by atoms with Crippen LogP contribution >= 0.6 is 0 Å². The van der Waals surface area contributed by atoms with Gasteiger partial charge in [0.15, 0.2) is 0 Å². The molecule has 9 nitrogen and oxygen atoms in total. The number of para-hydroxylation sites is 2. The Bertz CT molecular complexity index is 871. The number of hydrogen-bond acceptors (Lipinski definition) is 7. The molecule has 1 amide bonds. The van der Waals surface area contributed by atoms with Crippen molar-refractivity contribution in [1.29, 1.82) is 0 Å². The summed E-state index contributed by atoms with van der Waals surface area (Å²) in [6, 6.07) is 11.5. The second-order valence-electron chi connectivity index (χ2n) is 6.73. The first-order chi connectivity index (χ1) is 15.0. The predicted octanol–water partition coefficient (Wildman–Crippen LogP) is 3.63. The Morgan fingerprint density at radius 3 is 2.52 bits per heavy atom. The minimum absolute atomic E-state index is 0.174. The van der Waals surface area contributed by atoms with Crippen LogP contribution in [0.3, 0.4) is 0 Å². The number of carbonyl (C=O) groups excluding carboxylic acids is 1. The topological polar surface area (TPSA) is 106 Å². The van der Waals surface area contributed by atoms with E-state index >= 15 is 0 Å². The maximum absolute atomic E-state index is 12.7. The largest absolute Gasteiger partial charge is 0.490 e. The van der Waals surface area contributed by atoms with Crippen LogP contribution in [0.2, 0.25) is 0 Å². The minimum atomic E-state index is -0.518. The van der Waals surface area contributed by atoms with Crippen molar-refractivity contribution in [3.63, 3.8) is 0 Å². The molecule has 2 aromatic carbocycles. The third-order valence-corrected chi connectivity index (χ3v) is 4.77. The summed E-state index contributed by atoms with van der Waals surface area (Å²) in [4.78, 5) is 25.9. The van der Waals surface area contributed by atoms with E-state index in [1.807, 2.05) is 6.07 Å². The Kier molecular flexibility index (Phi) is 9.73. The van der Waals surface area contributed by atoms with Gasteiger partial charge in [0, 0.05) is 31.8 Å². The van der Waals surface area contributed by atoms with Crippen LogP contribution in [0.5, 0.6) is 5.75 Å². The van der Waals surface area contributed by atoms with E-state index in [2.05, 4.69) is 29.4 Å². The Hall–Kier alpha value is -3.17. The number of anilines is 2. The number of nitrogens with zero attached hydrogens (tertiary/aromatic N) is 2. The summed E-state index contributed by atoms with van der Waals surface area (Å²) in [6.45, 7) is 8.15. The lowest BCUT2D eigenvalue weighted by atomic mass is 10.1. The lowest BCUT2D eigenvalue weighted by molar-refractivity contribution is -0.384. The molecule has 31 heavy (non-hydrogen) atoms. The second-order valence-corrected chi connectivity index (χ2v) is 6.73. The molecule has 0 heterocycles. The van der Waals surface area contributed by atoms with Gasteiger partial charge in [0.05, 0.1) is 17.2 Å². The van der Waals surface area contributed by atoms with Crippen LogP contribution in [0.1, 0.15) is 24.2 Å². The molecular formula is C22H30N4O5. The van der Waals surface area contributed by atoms with Gasteiger partial charge in [0.25, 0.3) is 11.6 Å². The zero-order valence-electron chi connectivity index (χ0n) is 18.2. The lowest BCUT2D eigenvalue weighted by Crippen LogP contribution is -2.28. The molecule has 2 rings (SSSR count). The van der Waals surface area contributed by atoms with Gasteiger partial charge in [-0.05, 0) is 37.4 Å². The fourth-order valence-electron chi connectivity index (χ4n) is 2.98. The van der Waals surface area contributed by atoms with Gasteiger partial charge < -0.3 is 25.0 Å².